The lowest BCUT2D eigenvalue weighted by Gasteiger charge is -2.38. The van der Waals surface area contributed by atoms with Crippen molar-refractivity contribution in [3.8, 4) is 0 Å². The average molecular weight is 195 g/mol. The molecule has 0 saturated heterocycles. The van der Waals surface area contributed by atoms with Crippen molar-refractivity contribution in [1.82, 2.24) is 0 Å². The van der Waals surface area contributed by atoms with E-state index in [9.17, 15) is 0 Å². The Labute approximate surface area is 88.4 Å². The monoisotopic (exact) mass is 195 g/mol. The van der Waals surface area contributed by atoms with Crippen LogP contribution in [0.3, 0.4) is 0 Å². The van der Waals surface area contributed by atoms with Gasteiger partial charge in [0.15, 0.2) is 0 Å². The molecule has 2 saturated carbocycles. The number of nitrogens with two attached hydrogens (primary N) is 1. The molecular weight excluding hydrogens is 170 g/mol. The standard InChI is InChI=1S/C13H25N/c1-10(9-12-7-8-13(12)14)11-5-3-2-4-6-11/h10-13H,2-9,14H2,1H3. The zero-order valence-corrected chi connectivity index (χ0v) is 9.54. The zero-order chi connectivity index (χ0) is 9.97. The molecule has 2 N–H and O–H groups in total. The molecule has 0 aliphatic heterocycles. The fourth-order valence-electron chi connectivity index (χ4n) is 3.26. The van der Waals surface area contributed by atoms with Crippen molar-refractivity contribution in [1.29, 1.82) is 0 Å². The second-order valence-corrected chi connectivity index (χ2v) is 5.61. The molecule has 0 radical (unpaired) electrons. The lowest BCUT2D eigenvalue weighted by Crippen LogP contribution is -2.40. The van der Waals surface area contributed by atoms with Crippen LogP contribution in [0.2, 0.25) is 0 Å². The van der Waals surface area contributed by atoms with Crippen molar-refractivity contribution >= 4 is 0 Å². The quantitative estimate of drug-likeness (QED) is 0.734. The van der Waals surface area contributed by atoms with Gasteiger partial charge in [-0.05, 0) is 37.0 Å². The third kappa shape index (κ3) is 2.31. The van der Waals surface area contributed by atoms with Crippen LogP contribution in [0.15, 0.2) is 0 Å². The highest BCUT2D eigenvalue weighted by atomic mass is 14.7. The van der Waals surface area contributed by atoms with Gasteiger partial charge in [0.2, 0.25) is 0 Å². The van der Waals surface area contributed by atoms with E-state index in [0.717, 1.165) is 17.8 Å². The van der Waals surface area contributed by atoms with Crippen LogP contribution in [-0.4, -0.2) is 6.04 Å². The van der Waals surface area contributed by atoms with E-state index in [-0.39, 0.29) is 0 Å². The van der Waals surface area contributed by atoms with Gasteiger partial charge in [0.25, 0.3) is 0 Å². The Morgan fingerprint density at radius 1 is 1.07 bits per heavy atom. The summed E-state index contributed by atoms with van der Waals surface area (Å²) < 4.78 is 0. The maximum absolute atomic E-state index is 6.00. The molecule has 3 unspecified atom stereocenters. The van der Waals surface area contributed by atoms with Gasteiger partial charge in [-0.3, -0.25) is 0 Å². The van der Waals surface area contributed by atoms with Gasteiger partial charge in [-0.25, -0.2) is 0 Å². The first kappa shape index (κ1) is 10.5. The summed E-state index contributed by atoms with van der Waals surface area (Å²) in [5.74, 6) is 2.83. The maximum Gasteiger partial charge on any atom is 0.00673 e. The summed E-state index contributed by atoms with van der Waals surface area (Å²) in [7, 11) is 0. The van der Waals surface area contributed by atoms with Crippen LogP contribution in [0, 0.1) is 17.8 Å². The van der Waals surface area contributed by atoms with E-state index in [4.69, 9.17) is 5.73 Å². The minimum absolute atomic E-state index is 0.543. The summed E-state index contributed by atoms with van der Waals surface area (Å²) in [6.07, 6.45) is 11.5. The predicted octanol–water partition coefficient (Wildman–Crippen LogP) is 3.33. The topological polar surface area (TPSA) is 26.0 Å². The molecule has 3 atom stereocenters. The van der Waals surface area contributed by atoms with Crippen molar-refractivity contribution in [2.24, 2.45) is 23.5 Å². The molecule has 2 fully saturated rings. The first-order valence-electron chi connectivity index (χ1n) is 6.53. The molecular formula is C13H25N. The fourth-order valence-corrected chi connectivity index (χ4v) is 3.26. The summed E-state index contributed by atoms with van der Waals surface area (Å²) in [6.45, 7) is 2.46. The smallest absolute Gasteiger partial charge is 0.00673 e. The third-order valence-electron chi connectivity index (χ3n) is 4.61. The molecule has 0 spiro atoms. The van der Waals surface area contributed by atoms with E-state index in [1.807, 2.05) is 0 Å². The summed E-state index contributed by atoms with van der Waals surface area (Å²) in [4.78, 5) is 0. The zero-order valence-electron chi connectivity index (χ0n) is 9.54. The van der Waals surface area contributed by atoms with Crippen molar-refractivity contribution in [2.45, 2.75) is 64.3 Å². The van der Waals surface area contributed by atoms with Crippen LogP contribution >= 0.6 is 0 Å². The second-order valence-electron chi connectivity index (χ2n) is 5.61. The SMILES string of the molecule is CC(CC1CCC1N)C1CCCCC1. The highest BCUT2D eigenvalue weighted by Gasteiger charge is 2.31. The van der Waals surface area contributed by atoms with Crippen LogP contribution in [0.4, 0.5) is 0 Å². The molecule has 2 rings (SSSR count). The average Bonchev–Trinajstić information content (AvgIpc) is 2.24. The highest BCUT2D eigenvalue weighted by Crippen LogP contribution is 2.38. The van der Waals surface area contributed by atoms with E-state index < -0.39 is 0 Å². The molecule has 0 aromatic heterocycles. The van der Waals surface area contributed by atoms with Crippen LogP contribution in [-0.2, 0) is 0 Å². The Balaban J connectivity index is 1.73. The van der Waals surface area contributed by atoms with Gasteiger partial charge in [0.05, 0.1) is 0 Å². The molecule has 0 bridgehead atoms. The lowest BCUT2D eigenvalue weighted by molar-refractivity contribution is 0.162. The molecule has 0 aromatic rings. The van der Waals surface area contributed by atoms with Crippen LogP contribution in [0.25, 0.3) is 0 Å². The van der Waals surface area contributed by atoms with Crippen molar-refractivity contribution in [2.75, 3.05) is 0 Å². The molecule has 14 heavy (non-hydrogen) atoms. The molecule has 82 valence electrons. The second kappa shape index (κ2) is 4.65. The first-order valence-corrected chi connectivity index (χ1v) is 6.53. The Kier molecular flexibility index (Phi) is 3.48. The van der Waals surface area contributed by atoms with E-state index >= 15 is 0 Å². The lowest BCUT2D eigenvalue weighted by atomic mass is 9.70. The Morgan fingerprint density at radius 3 is 2.29 bits per heavy atom. The van der Waals surface area contributed by atoms with Crippen molar-refractivity contribution < 1.29 is 0 Å². The van der Waals surface area contributed by atoms with Crippen molar-refractivity contribution in [3.05, 3.63) is 0 Å². The van der Waals surface area contributed by atoms with E-state index in [1.54, 1.807) is 0 Å². The molecule has 0 aromatic carbocycles. The van der Waals surface area contributed by atoms with Gasteiger partial charge in [-0.15, -0.1) is 0 Å². The molecule has 2 aliphatic carbocycles. The summed E-state index contributed by atoms with van der Waals surface area (Å²) >= 11 is 0. The highest BCUT2D eigenvalue weighted by molar-refractivity contribution is 4.86. The van der Waals surface area contributed by atoms with Crippen LogP contribution < -0.4 is 5.73 Å². The van der Waals surface area contributed by atoms with Crippen molar-refractivity contribution in [3.63, 3.8) is 0 Å². The van der Waals surface area contributed by atoms with Gasteiger partial charge >= 0.3 is 0 Å². The minimum atomic E-state index is 0.543. The van der Waals surface area contributed by atoms with Gasteiger partial charge in [0, 0.05) is 6.04 Å². The Bertz CT molecular complexity index is 172. The maximum atomic E-state index is 6.00. The molecule has 0 heterocycles. The van der Waals surface area contributed by atoms with Gasteiger partial charge < -0.3 is 5.73 Å². The normalized spacial score (nSPS) is 36.4. The Hall–Kier alpha value is -0.0400. The molecule has 1 nitrogen and oxygen atoms in total. The molecule has 1 heteroatoms. The van der Waals surface area contributed by atoms with E-state index in [0.29, 0.717) is 6.04 Å². The largest absolute Gasteiger partial charge is 0.327 e. The minimum Gasteiger partial charge on any atom is -0.327 e. The predicted molar refractivity (Wildman–Crippen MR) is 61.1 cm³/mol. The number of rotatable bonds is 3. The summed E-state index contributed by atoms with van der Waals surface area (Å²) in [6, 6.07) is 0.543. The molecule has 0 amide bonds. The van der Waals surface area contributed by atoms with Crippen LogP contribution in [0.5, 0.6) is 0 Å². The number of hydrogen-bond donors (Lipinski definition) is 1. The van der Waals surface area contributed by atoms with Crippen LogP contribution in [0.1, 0.15) is 58.3 Å². The Morgan fingerprint density at radius 2 is 1.79 bits per heavy atom. The number of hydrogen-bond acceptors (Lipinski definition) is 1. The van der Waals surface area contributed by atoms with E-state index in [2.05, 4.69) is 6.92 Å². The van der Waals surface area contributed by atoms with Gasteiger partial charge in [-0.2, -0.15) is 0 Å². The summed E-state index contributed by atoms with van der Waals surface area (Å²) in [5.41, 5.74) is 6.00. The fraction of sp³-hybridized carbons (Fsp3) is 1.00. The van der Waals surface area contributed by atoms with E-state index in [1.165, 1.54) is 51.4 Å². The first-order chi connectivity index (χ1) is 6.77. The summed E-state index contributed by atoms with van der Waals surface area (Å²) in [5, 5.41) is 0. The molecule has 2 aliphatic rings. The van der Waals surface area contributed by atoms with Gasteiger partial charge in [-0.1, -0.05) is 39.0 Å². The van der Waals surface area contributed by atoms with Gasteiger partial charge in [0.1, 0.15) is 0 Å². The third-order valence-corrected chi connectivity index (χ3v) is 4.61.